The van der Waals surface area contributed by atoms with E-state index in [0.29, 0.717) is 0 Å². The van der Waals surface area contributed by atoms with Crippen LogP contribution in [0.15, 0.2) is 36.0 Å². The molecule has 0 radical (unpaired) electrons. The number of nitrogens with zero attached hydrogens (tertiary/aromatic N) is 2. The van der Waals surface area contributed by atoms with Crippen molar-refractivity contribution in [2.75, 3.05) is 32.5 Å². The highest BCUT2D eigenvalue weighted by Crippen LogP contribution is 2.36. The predicted octanol–water partition coefficient (Wildman–Crippen LogP) is 2.05. The molecule has 6 heteroatoms. The molecule has 3 aromatic rings. The number of hydrogen-bond donors (Lipinski definition) is 2. The predicted molar refractivity (Wildman–Crippen MR) is 89.0 cm³/mol. The summed E-state index contributed by atoms with van der Waals surface area (Å²) < 4.78 is 13.1. The van der Waals surface area contributed by atoms with E-state index in [1.54, 1.807) is 29.8 Å². The summed E-state index contributed by atoms with van der Waals surface area (Å²) in [5, 5.41) is 6.45. The lowest BCUT2D eigenvalue weighted by Gasteiger charge is -2.10. The Morgan fingerprint density at radius 2 is 1.95 bits per heavy atom. The van der Waals surface area contributed by atoms with Gasteiger partial charge in [0, 0.05) is 10.9 Å². The molecule has 3 rings (SSSR count). The van der Waals surface area contributed by atoms with E-state index in [4.69, 9.17) is 0 Å². The highest BCUT2D eigenvalue weighted by atomic mass is 32.1. The molecule has 0 fully saturated rings. The average molecular weight is 317 g/mol. The number of aromatic nitrogens is 2. The van der Waals surface area contributed by atoms with Crippen molar-refractivity contribution in [2.45, 2.75) is 0 Å². The maximum Gasteiger partial charge on any atom is 0.139 e. The molecule has 0 unspecified atom stereocenters. The lowest BCUT2D eigenvalue weighted by atomic mass is 10.1. The van der Waals surface area contributed by atoms with Gasteiger partial charge < -0.3 is 10.2 Å². The summed E-state index contributed by atoms with van der Waals surface area (Å²) in [6, 6.07) is 6.53. The number of fused-ring (bicyclic) bond motifs is 1. The third-order valence-electron chi connectivity index (χ3n) is 3.44. The average Bonchev–Trinajstić information content (AvgIpc) is 2.93. The molecule has 0 saturated carbocycles. The second kappa shape index (κ2) is 6.37. The summed E-state index contributed by atoms with van der Waals surface area (Å²) in [5.74, 6) is 0.610. The monoisotopic (exact) mass is 317 g/mol. The highest BCUT2D eigenvalue weighted by molar-refractivity contribution is 7.17. The van der Waals surface area contributed by atoms with Gasteiger partial charge in [-0.05, 0) is 17.7 Å². The molecule has 4 nitrogen and oxygen atoms in total. The number of rotatable bonds is 5. The molecule has 2 aromatic heterocycles. The molecule has 22 heavy (non-hydrogen) atoms. The van der Waals surface area contributed by atoms with Crippen LogP contribution in [0.1, 0.15) is 0 Å². The van der Waals surface area contributed by atoms with Crippen molar-refractivity contribution in [3.8, 4) is 11.1 Å². The van der Waals surface area contributed by atoms with Gasteiger partial charge in [0.2, 0.25) is 0 Å². The number of anilines is 1. The van der Waals surface area contributed by atoms with Crippen LogP contribution in [0.4, 0.5) is 10.2 Å². The topological polar surface area (TPSA) is 42.2 Å². The lowest BCUT2D eigenvalue weighted by molar-refractivity contribution is -0.856. The van der Waals surface area contributed by atoms with Crippen LogP contribution in [0, 0.1) is 5.82 Å². The first-order valence-electron chi connectivity index (χ1n) is 7.16. The fraction of sp³-hybridized carbons (Fsp3) is 0.250. The van der Waals surface area contributed by atoms with Crippen LogP contribution in [-0.4, -0.2) is 37.2 Å². The van der Waals surface area contributed by atoms with E-state index in [0.717, 1.165) is 40.3 Å². The number of likely N-dealkylation sites (N-methyl/N-ethyl adjacent to an activating group) is 1. The molecule has 1 aromatic carbocycles. The molecule has 0 spiro atoms. The number of halogens is 1. The van der Waals surface area contributed by atoms with Crippen LogP contribution >= 0.6 is 11.3 Å². The van der Waals surface area contributed by atoms with Gasteiger partial charge in [0.15, 0.2) is 0 Å². The third-order valence-corrected chi connectivity index (χ3v) is 4.33. The minimum atomic E-state index is -0.230. The van der Waals surface area contributed by atoms with Crippen molar-refractivity contribution in [1.82, 2.24) is 9.97 Å². The second-order valence-corrected chi connectivity index (χ2v) is 6.30. The summed E-state index contributed by atoms with van der Waals surface area (Å²) >= 11 is 1.58. The molecular formula is C16H18FN4S+. The zero-order valence-corrected chi connectivity index (χ0v) is 13.4. The fourth-order valence-electron chi connectivity index (χ4n) is 2.28. The van der Waals surface area contributed by atoms with Gasteiger partial charge in [-0.1, -0.05) is 12.1 Å². The molecule has 2 N–H and O–H groups in total. The van der Waals surface area contributed by atoms with E-state index in [9.17, 15) is 4.39 Å². The van der Waals surface area contributed by atoms with Crippen molar-refractivity contribution in [3.05, 3.63) is 41.8 Å². The van der Waals surface area contributed by atoms with Crippen LogP contribution in [-0.2, 0) is 0 Å². The van der Waals surface area contributed by atoms with Crippen molar-refractivity contribution in [2.24, 2.45) is 0 Å². The molecule has 0 aliphatic carbocycles. The van der Waals surface area contributed by atoms with Gasteiger partial charge in [-0.25, -0.2) is 14.4 Å². The van der Waals surface area contributed by atoms with E-state index in [2.05, 4.69) is 34.8 Å². The van der Waals surface area contributed by atoms with Crippen LogP contribution in [0.3, 0.4) is 0 Å². The molecule has 114 valence electrons. The van der Waals surface area contributed by atoms with Crippen molar-refractivity contribution in [1.29, 1.82) is 0 Å². The largest absolute Gasteiger partial charge is 0.364 e. The lowest BCUT2D eigenvalue weighted by Crippen LogP contribution is -3.06. The maximum absolute atomic E-state index is 13.1. The van der Waals surface area contributed by atoms with Gasteiger partial charge in [-0.15, -0.1) is 11.3 Å². The first-order chi connectivity index (χ1) is 10.6. The number of quaternary nitrogens is 1. The number of thiophene rings is 1. The smallest absolute Gasteiger partial charge is 0.139 e. The Morgan fingerprint density at radius 3 is 2.68 bits per heavy atom. The Morgan fingerprint density at radius 1 is 1.18 bits per heavy atom. The SMILES string of the molecule is C[NH+](C)CCNc1ncnc2scc(-c3ccc(F)cc3)c12. The van der Waals surface area contributed by atoms with E-state index < -0.39 is 0 Å². The highest BCUT2D eigenvalue weighted by Gasteiger charge is 2.13. The van der Waals surface area contributed by atoms with E-state index in [1.807, 2.05) is 0 Å². The first kappa shape index (κ1) is 14.9. The van der Waals surface area contributed by atoms with Gasteiger partial charge >= 0.3 is 0 Å². The molecular weight excluding hydrogens is 299 g/mol. The van der Waals surface area contributed by atoms with Gasteiger partial charge in [0.1, 0.15) is 22.8 Å². The fourth-order valence-corrected chi connectivity index (χ4v) is 3.20. The molecule has 0 aliphatic rings. The summed E-state index contributed by atoms with van der Waals surface area (Å²) in [6.07, 6.45) is 1.58. The molecule has 0 bridgehead atoms. The summed E-state index contributed by atoms with van der Waals surface area (Å²) in [4.78, 5) is 11.0. The Hall–Kier alpha value is -2.05. The van der Waals surface area contributed by atoms with Crippen molar-refractivity contribution < 1.29 is 9.29 Å². The normalized spacial score (nSPS) is 11.3. The van der Waals surface area contributed by atoms with Crippen molar-refractivity contribution >= 4 is 27.4 Å². The minimum absolute atomic E-state index is 0.230. The summed E-state index contributed by atoms with van der Waals surface area (Å²) in [7, 11) is 4.23. The van der Waals surface area contributed by atoms with Crippen LogP contribution < -0.4 is 10.2 Å². The van der Waals surface area contributed by atoms with E-state index >= 15 is 0 Å². The molecule has 2 heterocycles. The number of hydrogen-bond acceptors (Lipinski definition) is 4. The summed E-state index contributed by atoms with van der Waals surface area (Å²) in [5.41, 5.74) is 2.02. The van der Waals surface area contributed by atoms with Gasteiger partial charge in [0.05, 0.1) is 32.6 Å². The van der Waals surface area contributed by atoms with Gasteiger partial charge in [0.25, 0.3) is 0 Å². The Kier molecular flexibility index (Phi) is 4.31. The third kappa shape index (κ3) is 3.08. The summed E-state index contributed by atoms with van der Waals surface area (Å²) in [6.45, 7) is 1.84. The number of nitrogens with one attached hydrogen (secondary N) is 2. The molecule has 0 aliphatic heterocycles. The molecule has 0 saturated heterocycles. The molecule has 0 amide bonds. The van der Waals surface area contributed by atoms with Gasteiger partial charge in [-0.3, -0.25) is 0 Å². The standard InChI is InChI=1S/C16H17FN4S/c1-21(2)8-7-18-15-14-13(9-22-16(14)20-10-19-15)11-3-5-12(17)6-4-11/h3-6,9-10H,7-8H2,1-2H3,(H,18,19,20)/p+1. The Bertz CT molecular complexity index is 767. The molecule has 0 atom stereocenters. The van der Waals surface area contributed by atoms with Crippen molar-refractivity contribution in [3.63, 3.8) is 0 Å². The zero-order valence-electron chi connectivity index (χ0n) is 12.6. The van der Waals surface area contributed by atoms with E-state index in [1.165, 1.54) is 17.0 Å². The van der Waals surface area contributed by atoms with E-state index in [-0.39, 0.29) is 5.82 Å². The van der Waals surface area contributed by atoms with Gasteiger partial charge in [-0.2, -0.15) is 0 Å². The number of benzene rings is 1. The van der Waals surface area contributed by atoms with Crippen LogP contribution in [0.5, 0.6) is 0 Å². The second-order valence-electron chi connectivity index (χ2n) is 5.44. The van der Waals surface area contributed by atoms with Crippen LogP contribution in [0.25, 0.3) is 21.3 Å². The van der Waals surface area contributed by atoms with Crippen LogP contribution in [0.2, 0.25) is 0 Å². The zero-order chi connectivity index (χ0) is 15.5. The maximum atomic E-state index is 13.1. The quantitative estimate of drug-likeness (QED) is 0.757. The Labute approximate surface area is 132 Å². The minimum Gasteiger partial charge on any atom is -0.364 e. The first-order valence-corrected chi connectivity index (χ1v) is 8.04. The Balaban J connectivity index is 1.99.